The van der Waals surface area contributed by atoms with Crippen LogP contribution >= 0.6 is 0 Å². The van der Waals surface area contributed by atoms with Gasteiger partial charge in [0.1, 0.15) is 5.75 Å². The second-order valence-electron chi connectivity index (χ2n) is 5.47. The lowest BCUT2D eigenvalue weighted by Crippen LogP contribution is -2.11. The number of imidazole rings is 1. The lowest BCUT2D eigenvalue weighted by Gasteiger charge is -2.12. The molecule has 2 aromatic carbocycles. The molecule has 4 heteroatoms. The monoisotopic (exact) mass is 305 g/mol. The number of H-pyrrole nitrogens is 1. The Hall–Kier alpha value is -2.88. The van der Waals surface area contributed by atoms with Crippen LogP contribution in [0.2, 0.25) is 0 Å². The van der Waals surface area contributed by atoms with Gasteiger partial charge in [-0.3, -0.25) is 4.99 Å². The fourth-order valence-electron chi connectivity index (χ4n) is 2.54. The molecule has 0 aliphatic heterocycles. The zero-order valence-corrected chi connectivity index (χ0v) is 13.0. The number of benzene rings is 2. The van der Waals surface area contributed by atoms with Crippen LogP contribution in [0.5, 0.6) is 5.75 Å². The maximum atomic E-state index is 10.2. The van der Waals surface area contributed by atoms with Gasteiger partial charge in [0.2, 0.25) is 0 Å². The van der Waals surface area contributed by atoms with E-state index in [9.17, 15) is 5.11 Å². The Morgan fingerprint density at radius 3 is 2.57 bits per heavy atom. The minimum atomic E-state index is 0.0492. The minimum Gasteiger partial charge on any atom is -0.507 e. The summed E-state index contributed by atoms with van der Waals surface area (Å²) >= 11 is 0. The van der Waals surface area contributed by atoms with Crippen molar-refractivity contribution in [3.63, 3.8) is 0 Å². The van der Waals surface area contributed by atoms with Crippen LogP contribution < -0.4 is 0 Å². The molecule has 0 bridgehead atoms. The molecule has 0 unspecified atom stereocenters. The van der Waals surface area contributed by atoms with E-state index >= 15 is 0 Å². The molecule has 1 atom stereocenters. The van der Waals surface area contributed by atoms with Crippen LogP contribution in [0.4, 0.5) is 0 Å². The molecule has 0 spiro atoms. The number of aliphatic imine (C=N–C) groups is 1. The average Bonchev–Trinajstić information content (AvgIpc) is 3.07. The first-order chi connectivity index (χ1) is 11.2. The number of nitrogens with zero attached hydrogens (tertiary/aromatic N) is 2. The SMILES string of the molecule is C[C@H](Cc1c[nH]cn1)N=C(c1ccccc1)c1ccccc1O. The van der Waals surface area contributed by atoms with Gasteiger partial charge in [-0.2, -0.15) is 0 Å². The van der Waals surface area contributed by atoms with Crippen LogP contribution in [-0.4, -0.2) is 26.8 Å². The molecule has 4 nitrogen and oxygen atoms in total. The van der Waals surface area contributed by atoms with Gasteiger partial charge < -0.3 is 10.1 Å². The summed E-state index contributed by atoms with van der Waals surface area (Å²) in [7, 11) is 0. The predicted octanol–water partition coefficient (Wildman–Crippen LogP) is 3.58. The van der Waals surface area contributed by atoms with Crippen molar-refractivity contribution in [2.45, 2.75) is 19.4 Å². The first-order valence-corrected chi connectivity index (χ1v) is 7.63. The number of hydrogen-bond acceptors (Lipinski definition) is 3. The molecule has 0 fully saturated rings. The van der Waals surface area contributed by atoms with E-state index in [1.54, 1.807) is 12.4 Å². The highest BCUT2D eigenvalue weighted by Gasteiger charge is 2.13. The van der Waals surface area contributed by atoms with Crippen molar-refractivity contribution >= 4 is 5.71 Å². The third-order valence-corrected chi connectivity index (χ3v) is 3.62. The molecule has 2 N–H and O–H groups in total. The van der Waals surface area contributed by atoms with E-state index in [2.05, 4.69) is 16.9 Å². The number of aromatic amines is 1. The zero-order chi connectivity index (χ0) is 16.1. The van der Waals surface area contributed by atoms with Gasteiger partial charge in [-0.25, -0.2) is 4.98 Å². The van der Waals surface area contributed by atoms with Crippen molar-refractivity contribution in [2.75, 3.05) is 0 Å². The molecule has 0 saturated carbocycles. The Kier molecular flexibility index (Phi) is 4.52. The van der Waals surface area contributed by atoms with E-state index in [1.807, 2.05) is 54.7 Å². The quantitative estimate of drug-likeness (QED) is 0.708. The minimum absolute atomic E-state index is 0.0492. The lowest BCUT2D eigenvalue weighted by atomic mass is 10.0. The fourth-order valence-corrected chi connectivity index (χ4v) is 2.54. The van der Waals surface area contributed by atoms with Crippen molar-refractivity contribution in [1.29, 1.82) is 0 Å². The normalized spacial score (nSPS) is 13.0. The van der Waals surface area contributed by atoms with Crippen LogP contribution in [-0.2, 0) is 6.42 Å². The van der Waals surface area contributed by atoms with Crippen LogP contribution in [0, 0.1) is 0 Å². The topological polar surface area (TPSA) is 61.3 Å². The standard InChI is InChI=1S/C19H19N3O/c1-14(11-16-12-20-13-21-16)22-19(15-7-3-2-4-8-15)17-9-5-6-10-18(17)23/h2-10,12-14,23H,11H2,1H3,(H,20,21)/t14-/m1/s1. The number of nitrogens with one attached hydrogen (secondary N) is 1. The highest BCUT2D eigenvalue weighted by molar-refractivity contribution is 6.14. The first kappa shape index (κ1) is 15.0. The second-order valence-corrected chi connectivity index (χ2v) is 5.47. The summed E-state index contributed by atoms with van der Waals surface area (Å²) < 4.78 is 0. The lowest BCUT2D eigenvalue weighted by molar-refractivity contribution is 0.474. The van der Waals surface area contributed by atoms with E-state index in [0.29, 0.717) is 0 Å². The largest absolute Gasteiger partial charge is 0.507 e. The molecule has 0 saturated heterocycles. The highest BCUT2D eigenvalue weighted by Crippen LogP contribution is 2.21. The molecule has 0 aliphatic carbocycles. The van der Waals surface area contributed by atoms with Crippen molar-refractivity contribution < 1.29 is 5.11 Å². The third kappa shape index (κ3) is 3.66. The molecule has 116 valence electrons. The van der Waals surface area contributed by atoms with E-state index in [4.69, 9.17) is 4.99 Å². The summed E-state index contributed by atoms with van der Waals surface area (Å²) in [6.45, 7) is 2.05. The van der Waals surface area contributed by atoms with E-state index < -0.39 is 0 Å². The maximum Gasteiger partial charge on any atom is 0.124 e. The summed E-state index contributed by atoms with van der Waals surface area (Å²) in [6, 6.07) is 17.3. The zero-order valence-electron chi connectivity index (χ0n) is 13.0. The molecule has 0 aliphatic rings. The van der Waals surface area contributed by atoms with Gasteiger partial charge in [0, 0.05) is 23.7 Å². The fraction of sp³-hybridized carbons (Fsp3) is 0.158. The van der Waals surface area contributed by atoms with Gasteiger partial charge in [0.25, 0.3) is 0 Å². The van der Waals surface area contributed by atoms with Gasteiger partial charge in [0.15, 0.2) is 0 Å². The predicted molar refractivity (Wildman–Crippen MR) is 91.9 cm³/mol. The van der Waals surface area contributed by atoms with Gasteiger partial charge in [-0.1, -0.05) is 42.5 Å². The Morgan fingerprint density at radius 1 is 1.13 bits per heavy atom. The first-order valence-electron chi connectivity index (χ1n) is 7.63. The summed E-state index contributed by atoms with van der Waals surface area (Å²) in [4.78, 5) is 12.1. The van der Waals surface area contributed by atoms with Gasteiger partial charge in [0.05, 0.1) is 23.8 Å². The van der Waals surface area contributed by atoms with Crippen LogP contribution in [0.25, 0.3) is 0 Å². The molecular formula is C19H19N3O. The van der Waals surface area contributed by atoms with Crippen molar-refractivity contribution in [1.82, 2.24) is 9.97 Å². The molecule has 3 aromatic rings. The number of aromatic hydroxyl groups is 1. The molecule has 1 aromatic heterocycles. The van der Waals surface area contributed by atoms with Crippen molar-refractivity contribution in [2.24, 2.45) is 4.99 Å². The third-order valence-electron chi connectivity index (χ3n) is 3.62. The van der Waals surface area contributed by atoms with Crippen LogP contribution in [0.1, 0.15) is 23.7 Å². The van der Waals surface area contributed by atoms with Crippen molar-refractivity contribution in [3.8, 4) is 5.75 Å². The van der Waals surface area contributed by atoms with Crippen LogP contribution in [0.3, 0.4) is 0 Å². The Morgan fingerprint density at radius 2 is 1.87 bits per heavy atom. The summed E-state index contributed by atoms with van der Waals surface area (Å²) in [5.74, 6) is 0.238. The van der Waals surface area contributed by atoms with Crippen molar-refractivity contribution in [3.05, 3.63) is 83.9 Å². The molecule has 1 heterocycles. The summed E-state index contributed by atoms with van der Waals surface area (Å²) in [5.41, 5.74) is 3.51. The van der Waals surface area contributed by atoms with Gasteiger partial charge >= 0.3 is 0 Å². The smallest absolute Gasteiger partial charge is 0.124 e. The van der Waals surface area contributed by atoms with Gasteiger partial charge in [-0.05, 0) is 19.1 Å². The maximum absolute atomic E-state index is 10.2. The van der Waals surface area contributed by atoms with Gasteiger partial charge in [-0.15, -0.1) is 0 Å². The van der Waals surface area contributed by atoms with E-state index in [-0.39, 0.29) is 11.8 Å². The number of rotatable bonds is 5. The molecule has 3 rings (SSSR count). The number of hydrogen-bond donors (Lipinski definition) is 2. The number of aromatic nitrogens is 2. The van der Waals surface area contributed by atoms with Crippen LogP contribution in [0.15, 0.2) is 72.1 Å². The second kappa shape index (κ2) is 6.92. The molecule has 0 radical (unpaired) electrons. The Balaban J connectivity index is 1.98. The molecule has 23 heavy (non-hydrogen) atoms. The Bertz CT molecular complexity index is 779. The molecular weight excluding hydrogens is 286 g/mol. The van der Waals surface area contributed by atoms with E-state index in [1.165, 1.54) is 0 Å². The highest BCUT2D eigenvalue weighted by atomic mass is 16.3. The number of phenols is 1. The number of phenolic OH excluding ortho intramolecular Hbond substituents is 1. The summed E-state index contributed by atoms with van der Waals surface area (Å²) in [6.07, 6.45) is 4.30. The van der Waals surface area contributed by atoms with E-state index in [0.717, 1.165) is 29.0 Å². The average molecular weight is 305 g/mol. The number of para-hydroxylation sites is 1. The summed E-state index contributed by atoms with van der Waals surface area (Å²) in [5, 5.41) is 10.2. The Labute approximate surface area is 135 Å². The molecule has 0 amide bonds.